The van der Waals surface area contributed by atoms with E-state index in [-0.39, 0.29) is 18.4 Å². The van der Waals surface area contributed by atoms with E-state index in [2.05, 4.69) is 16.9 Å². The summed E-state index contributed by atoms with van der Waals surface area (Å²) in [6.45, 7) is 3.39. The van der Waals surface area contributed by atoms with Crippen LogP contribution < -0.4 is 4.90 Å². The monoisotopic (exact) mass is 328 g/mol. The van der Waals surface area contributed by atoms with Crippen molar-refractivity contribution in [1.82, 2.24) is 19.6 Å². The van der Waals surface area contributed by atoms with Crippen molar-refractivity contribution in [2.45, 2.75) is 25.8 Å². The van der Waals surface area contributed by atoms with E-state index >= 15 is 0 Å². The Labute approximate surface area is 140 Å². The summed E-state index contributed by atoms with van der Waals surface area (Å²) in [4.78, 5) is 24.3. The second-order valence-corrected chi connectivity index (χ2v) is 6.21. The summed E-state index contributed by atoms with van der Waals surface area (Å²) in [6, 6.07) is 3.82. The van der Waals surface area contributed by atoms with Gasteiger partial charge in [0.05, 0.1) is 17.7 Å². The van der Waals surface area contributed by atoms with Crippen molar-refractivity contribution in [3.63, 3.8) is 0 Å². The molecule has 3 aliphatic heterocycles. The van der Waals surface area contributed by atoms with Crippen LogP contribution in [0.2, 0.25) is 0 Å². The second-order valence-electron chi connectivity index (χ2n) is 6.21. The molecule has 0 bridgehead atoms. The highest BCUT2D eigenvalue weighted by Crippen LogP contribution is 2.32. The Balaban J connectivity index is 1.86. The van der Waals surface area contributed by atoms with Gasteiger partial charge in [-0.3, -0.25) is 4.79 Å². The Hall–Kier alpha value is -2.82. The van der Waals surface area contributed by atoms with E-state index in [4.69, 9.17) is 5.26 Å². The van der Waals surface area contributed by atoms with Crippen molar-refractivity contribution in [2.75, 3.05) is 25.0 Å². The molecule has 0 unspecified atom stereocenters. The number of likely N-dealkylation sites (tertiary alicyclic amines) is 1. The lowest BCUT2D eigenvalue weighted by atomic mass is 9.92. The normalized spacial score (nSPS) is 20.8. The van der Waals surface area contributed by atoms with Gasteiger partial charge in [0.1, 0.15) is 18.6 Å². The molecule has 1 saturated heterocycles. The molecule has 0 aromatic carbocycles. The Bertz CT molecular complexity index is 752. The van der Waals surface area contributed by atoms with Gasteiger partial charge in [0, 0.05) is 26.3 Å². The molecule has 126 valence electrons. The zero-order valence-corrected chi connectivity index (χ0v) is 13.8. The number of aromatic nitrogens is 3. The van der Waals surface area contributed by atoms with E-state index < -0.39 is 0 Å². The Morgan fingerprint density at radius 2 is 2.33 bits per heavy atom. The van der Waals surface area contributed by atoms with Gasteiger partial charge in [0.2, 0.25) is 5.91 Å². The highest BCUT2D eigenvalue weighted by molar-refractivity contribution is 5.78. The van der Waals surface area contributed by atoms with Crippen LogP contribution in [0, 0.1) is 17.2 Å². The molecule has 0 aromatic rings. The third kappa shape index (κ3) is 2.73. The maximum absolute atomic E-state index is 12.0. The van der Waals surface area contributed by atoms with Gasteiger partial charge in [-0.15, -0.1) is 0 Å². The fourth-order valence-electron chi connectivity index (χ4n) is 3.31. The topological polar surface area (TPSA) is 98.3 Å². The summed E-state index contributed by atoms with van der Waals surface area (Å²) in [5.41, 5.74) is 0.759. The van der Waals surface area contributed by atoms with Gasteiger partial charge in [-0.25, -0.2) is 9.97 Å². The van der Waals surface area contributed by atoms with Crippen molar-refractivity contribution in [3.8, 4) is 17.5 Å². The molecule has 24 heavy (non-hydrogen) atoms. The highest BCUT2D eigenvalue weighted by Gasteiger charge is 2.33. The van der Waals surface area contributed by atoms with Gasteiger partial charge in [-0.1, -0.05) is 6.92 Å². The minimum absolute atomic E-state index is 0.0848. The SMILES string of the molecule is C[C@@H]1CCN(C(=O)CC#N)C[C@@H]1N(C)c1ncn(O)c2nccc1-2. The molecular weight excluding hydrogens is 308 g/mol. The fraction of sp³-hybridized carbons (Fsp3) is 0.500. The van der Waals surface area contributed by atoms with E-state index in [9.17, 15) is 10.0 Å². The number of nitrogens with zero attached hydrogens (tertiary/aromatic N) is 6. The molecule has 8 heteroatoms. The molecule has 0 aliphatic carbocycles. The minimum Gasteiger partial charge on any atom is -0.425 e. The van der Waals surface area contributed by atoms with Crippen LogP contribution in [0.4, 0.5) is 5.82 Å². The van der Waals surface area contributed by atoms with Crippen LogP contribution >= 0.6 is 0 Å². The summed E-state index contributed by atoms with van der Waals surface area (Å²) < 4.78 is 0.903. The van der Waals surface area contributed by atoms with Gasteiger partial charge >= 0.3 is 0 Å². The van der Waals surface area contributed by atoms with E-state index in [1.165, 1.54) is 6.33 Å². The number of carbonyl (C=O) groups is 1. The fourth-order valence-corrected chi connectivity index (χ4v) is 3.31. The first-order chi connectivity index (χ1) is 11.5. The quantitative estimate of drug-likeness (QED) is 0.850. The zero-order valence-electron chi connectivity index (χ0n) is 13.8. The first-order valence-corrected chi connectivity index (χ1v) is 7.91. The van der Waals surface area contributed by atoms with E-state index in [0.29, 0.717) is 24.8 Å². The number of hydrogen-bond acceptors (Lipinski definition) is 6. The Morgan fingerprint density at radius 3 is 3.08 bits per heavy atom. The van der Waals surface area contributed by atoms with Crippen LogP contribution in [0.5, 0.6) is 0 Å². The third-order valence-corrected chi connectivity index (χ3v) is 4.76. The number of piperidine rings is 1. The van der Waals surface area contributed by atoms with Crippen molar-refractivity contribution < 1.29 is 10.0 Å². The molecule has 0 saturated carbocycles. The van der Waals surface area contributed by atoms with Crippen LogP contribution in [-0.4, -0.2) is 56.9 Å². The summed E-state index contributed by atoms with van der Waals surface area (Å²) in [5, 5.41) is 18.5. The smallest absolute Gasteiger partial charge is 0.236 e. The summed E-state index contributed by atoms with van der Waals surface area (Å²) in [7, 11) is 1.94. The van der Waals surface area contributed by atoms with Gasteiger partial charge in [0.25, 0.3) is 0 Å². The molecule has 3 heterocycles. The van der Waals surface area contributed by atoms with E-state index in [1.807, 2.05) is 24.1 Å². The van der Waals surface area contributed by atoms with Crippen LogP contribution in [0.1, 0.15) is 19.8 Å². The number of likely N-dealkylation sites (N-methyl/N-ethyl adjacent to an activating group) is 1. The van der Waals surface area contributed by atoms with Gasteiger partial charge in [-0.2, -0.15) is 9.99 Å². The van der Waals surface area contributed by atoms with Crippen LogP contribution in [0.25, 0.3) is 11.4 Å². The Morgan fingerprint density at radius 1 is 1.54 bits per heavy atom. The number of anilines is 1. The minimum atomic E-state index is -0.128. The molecule has 1 fully saturated rings. The molecule has 3 aliphatic rings. The van der Waals surface area contributed by atoms with Crippen molar-refractivity contribution >= 4 is 11.7 Å². The number of nitriles is 1. The standard InChI is InChI=1S/C16H20N6O2/c1-11-5-8-21(14(23)3-6-17)9-13(11)20(2)15-12-4-7-18-16(12)22(24)10-19-15/h4,7,10-11,13,24H,3,5,8-9H2,1-2H3/t11-,13+/m1/s1. The van der Waals surface area contributed by atoms with E-state index in [1.54, 1.807) is 11.1 Å². The number of carbonyl (C=O) groups excluding carboxylic acids is 1. The molecule has 8 nitrogen and oxygen atoms in total. The largest absolute Gasteiger partial charge is 0.425 e. The Kier molecular flexibility index (Phi) is 4.25. The average molecular weight is 328 g/mol. The zero-order chi connectivity index (χ0) is 17.3. The summed E-state index contributed by atoms with van der Waals surface area (Å²) in [6.07, 6.45) is 3.74. The number of fused-ring (bicyclic) bond motifs is 1. The first-order valence-electron chi connectivity index (χ1n) is 7.91. The maximum Gasteiger partial charge on any atom is 0.236 e. The van der Waals surface area contributed by atoms with Crippen LogP contribution in [0.15, 0.2) is 18.6 Å². The van der Waals surface area contributed by atoms with Crippen LogP contribution in [-0.2, 0) is 4.79 Å². The van der Waals surface area contributed by atoms with Crippen molar-refractivity contribution in [2.24, 2.45) is 5.92 Å². The van der Waals surface area contributed by atoms with Gasteiger partial charge in [0.15, 0.2) is 5.82 Å². The molecular formula is C16H20N6O2. The van der Waals surface area contributed by atoms with Crippen molar-refractivity contribution in [3.05, 3.63) is 18.6 Å². The lowest BCUT2D eigenvalue weighted by Crippen LogP contribution is -2.52. The average Bonchev–Trinajstić information content (AvgIpc) is 3.06. The summed E-state index contributed by atoms with van der Waals surface area (Å²) >= 11 is 0. The van der Waals surface area contributed by atoms with Gasteiger partial charge in [-0.05, 0) is 18.4 Å². The predicted octanol–water partition coefficient (Wildman–Crippen LogP) is 1.21. The third-order valence-electron chi connectivity index (χ3n) is 4.76. The molecule has 0 spiro atoms. The molecule has 2 atom stereocenters. The predicted molar refractivity (Wildman–Crippen MR) is 86.6 cm³/mol. The lowest BCUT2D eigenvalue weighted by Gasteiger charge is -2.42. The molecule has 1 amide bonds. The van der Waals surface area contributed by atoms with Crippen molar-refractivity contribution in [1.29, 1.82) is 5.26 Å². The van der Waals surface area contributed by atoms with Gasteiger partial charge < -0.3 is 15.0 Å². The molecule has 1 N–H and O–H groups in total. The highest BCUT2D eigenvalue weighted by atomic mass is 16.5. The second kappa shape index (κ2) is 6.35. The maximum atomic E-state index is 12.0. The molecule has 3 rings (SSSR count). The lowest BCUT2D eigenvalue weighted by molar-refractivity contribution is -0.131. The first kappa shape index (κ1) is 16.1. The molecule has 0 radical (unpaired) electrons. The summed E-state index contributed by atoms with van der Waals surface area (Å²) in [5.74, 6) is 1.42. The number of rotatable bonds is 3. The number of amides is 1. The number of hydrogen-bond donors (Lipinski definition) is 1. The van der Waals surface area contributed by atoms with Crippen LogP contribution in [0.3, 0.4) is 0 Å². The van der Waals surface area contributed by atoms with E-state index in [0.717, 1.165) is 22.5 Å². The molecule has 0 aromatic heterocycles.